The summed E-state index contributed by atoms with van der Waals surface area (Å²) >= 11 is 4.75. The van der Waals surface area contributed by atoms with Crippen LogP contribution in [0.2, 0.25) is 0 Å². The Morgan fingerprint density at radius 1 is 1.17 bits per heavy atom. The molecule has 1 atom stereocenters. The molecule has 29 heavy (non-hydrogen) atoms. The number of amides is 2. The number of rotatable bonds is 10. The Balaban J connectivity index is 2.05. The minimum atomic E-state index is -0.591. The van der Waals surface area contributed by atoms with Crippen molar-refractivity contribution in [3.63, 3.8) is 0 Å². The molecule has 0 aliphatic carbocycles. The van der Waals surface area contributed by atoms with Gasteiger partial charge in [-0.1, -0.05) is 53.2 Å². The third-order valence-electron chi connectivity index (χ3n) is 4.42. The predicted molar refractivity (Wildman–Crippen MR) is 120 cm³/mol. The van der Waals surface area contributed by atoms with E-state index in [-0.39, 0.29) is 23.4 Å². The Morgan fingerprint density at radius 2 is 1.86 bits per heavy atom. The number of halogens is 2. The van der Waals surface area contributed by atoms with Crippen LogP contribution < -0.4 is 5.32 Å². The zero-order valence-electron chi connectivity index (χ0n) is 16.7. The second kappa shape index (κ2) is 12.0. The minimum Gasteiger partial charge on any atom is -0.354 e. The maximum absolute atomic E-state index is 13.8. The molecule has 2 aromatic rings. The molecule has 0 saturated carbocycles. The van der Waals surface area contributed by atoms with E-state index in [0.717, 1.165) is 16.5 Å². The molecule has 0 aliphatic heterocycles. The van der Waals surface area contributed by atoms with Gasteiger partial charge in [0.2, 0.25) is 11.8 Å². The molecule has 2 rings (SSSR count). The van der Waals surface area contributed by atoms with Gasteiger partial charge in [-0.3, -0.25) is 9.59 Å². The normalized spacial score (nSPS) is 11.7. The molecule has 0 aliphatic rings. The summed E-state index contributed by atoms with van der Waals surface area (Å²) in [6.07, 6.45) is 0.831. The summed E-state index contributed by atoms with van der Waals surface area (Å²) < 4.78 is 14.7. The van der Waals surface area contributed by atoms with Gasteiger partial charge in [0.1, 0.15) is 11.9 Å². The average molecular weight is 481 g/mol. The van der Waals surface area contributed by atoms with Crippen molar-refractivity contribution >= 4 is 39.5 Å². The summed E-state index contributed by atoms with van der Waals surface area (Å²) in [6.45, 7) is 4.64. The van der Waals surface area contributed by atoms with Crippen LogP contribution in [0.4, 0.5) is 4.39 Å². The molecule has 0 bridgehead atoms. The molecular formula is C22H26BrFN2O2S. The Hall–Kier alpha value is -1.86. The number of nitrogens with one attached hydrogen (secondary N) is 1. The molecule has 0 fully saturated rings. The lowest BCUT2D eigenvalue weighted by Crippen LogP contribution is -2.48. The molecule has 0 spiro atoms. The molecule has 4 nitrogen and oxygen atoms in total. The molecular weight excluding hydrogens is 455 g/mol. The zero-order valence-corrected chi connectivity index (χ0v) is 19.1. The van der Waals surface area contributed by atoms with Gasteiger partial charge in [-0.25, -0.2) is 4.39 Å². The number of hydrogen-bond acceptors (Lipinski definition) is 3. The molecule has 156 valence electrons. The van der Waals surface area contributed by atoms with Crippen LogP contribution in [0.25, 0.3) is 0 Å². The molecule has 0 unspecified atom stereocenters. The van der Waals surface area contributed by atoms with Gasteiger partial charge in [0, 0.05) is 23.3 Å². The Morgan fingerprint density at radius 3 is 2.52 bits per heavy atom. The second-order valence-electron chi connectivity index (χ2n) is 6.70. The fourth-order valence-corrected chi connectivity index (χ4v) is 3.87. The molecule has 0 heterocycles. The van der Waals surface area contributed by atoms with Crippen molar-refractivity contribution in [1.82, 2.24) is 10.2 Å². The average Bonchev–Trinajstić information content (AvgIpc) is 2.72. The molecule has 2 aromatic carbocycles. The molecule has 0 radical (unpaired) electrons. The maximum atomic E-state index is 13.8. The van der Waals surface area contributed by atoms with Crippen molar-refractivity contribution in [3.8, 4) is 0 Å². The lowest BCUT2D eigenvalue weighted by Gasteiger charge is -2.28. The van der Waals surface area contributed by atoms with Gasteiger partial charge < -0.3 is 10.2 Å². The highest BCUT2D eigenvalue weighted by molar-refractivity contribution is 9.10. The van der Waals surface area contributed by atoms with Gasteiger partial charge in [-0.05, 0) is 42.7 Å². The first-order chi connectivity index (χ1) is 13.9. The van der Waals surface area contributed by atoms with Crippen LogP contribution in [0, 0.1) is 5.82 Å². The predicted octanol–water partition coefficient (Wildman–Crippen LogP) is 4.76. The van der Waals surface area contributed by atoms with Crippen LogP contribution in [-0.2, 0) is 21.9 Å². The van der Waals surface area contributed by atoms with Crippen LogP contribution in [-0.4, -0.2) is 35.1 Å². The summed E-state index contributed by atoms with van der Waals surface area (Å²) in [5.74, 6) is -0.00619. The summed E-state index contributed by atoms with van der Waals surface area (Å²) in [5.41, 5.74) is 1.51. The van der Waals surface area contributed by atoms with E-state index in [1.54, 1.807) is 30.0 Å². The van der Waals surface area contributed by atoms with Crippen LogP contribution in [0.3, 0.4) is 0 Å². The fraction of sp³-hybridized carbons (Fsp3) is 0.364. The van der Waals surface area contributed by atoms with Crippen molar-refractivity contribution in [2.75, 3.05) is 12.3 Å². The van der Waals surface area contributed by atoms with Crippen LogP contribution in [0.5, 0.6) is 0 Å². The quantitative estimate of drug-likeness (QED) is 0.532. The standard InChI is InChI=1S/C22H26BrFN2O2S/c1-3-12-25-22(28)16(2)26(13-17-8-10-19(23)11-9-17)21(27)15-29-14-18-6-4-5-7-20(18)24/h4-11,16H,3,12-15H2,1-2H3,(H,25,28)/t16-/m0/s1. The Kier molecular flexibility index (Phi) is 9.67. The zero-order chi connectivity index (χ0) is 21.2. The van der Waals surface area contributed by atoms with E-state index in [9.17, 15) is 14.0 Å². The summed E-state index contributed by atoms with van der Waals surface area (Å²) in [7, 11) is 0. The van der Waals surface area contributed by atoms with Gasteiger partial charge in [-0.2, -0.15) is 0 Å². The Labute approximate surface area is 184 Å². The molecule has 1 N–H and O–H groups in total. The van der Waals surface area contributed by atoms with Gasteiger partial charge in [0.15, 0.2) is 0 Å². The highest BCUT2D eigenvalue weighted by Crippen LogP contribution is 2.18. The van der Waals surface area contributed by atoms with Crippen molar-refractivity contribution in [1.29, 1.82) is 0 Å². The molecule has 0 aromatic heterocycles. The van der Waals surface area contributed by atoms with Gasteiger partial charge in [-0.15, -0.1) is 11.8 Å². The lowest BCUT2D eigenvalue weighted by molar-refractivity contribution is -0.138. The first-order valence-electron chi connectivity index (χ1n) is 9.55. The van der Waals surface area contributed by atoms with E-state index in [4.69, 9.17) is 0 Å². The topological polar surface area (TPSA) is 49.4 Å². The second-order valence-corrected chi connectivity index (χ2v) is 8.60. The fourth-order valence-electron chi connectivity index (χ4n) is 2.71. The number of nitrogens with zero attached hydrogens (tertiary/aromatic N) is 1. The maximum Gasteiger partial charge on any atom is 0.242 e. The highest BCUT2D eigenvalue weighted by Gasteiger charge is 2.25. The van der Waals surface area contributed by atoms with Crippen LogP contribution in [0.1, 0.15) is 31.4 Å². The van der Waals surface area contributed by atoms with Crippen molar-refractivity contribution in [3.05, 3.63) is 69.9 Å². The van der Waals surface area contributed by atoms with Crippen molar-refractivity contribution in [2.24, 2.45) is 0 Å². The number of thioether (sulfide) groups is 1. The highest BCUT2D eigenvalue weighted by atomic mass is 79.9. The van der Waals surface area contributed by atoms with E-state index in [0.29, 0.717) is 24.4 Å². The van der Waals surface area contributed by atoms with E-state index in [2.05, 4.69) is 21.2 Å². The number of carbonyl (C=O) groups is 2. The number of benzene rings is 2. The lowest BCUT2D eigenvalue weighted by atomic mass is 10.1. The van der Waals surface area contributed by atoms with E-state index >= 15 is 0 Å². The SMILES string of the molecule is CCCNC(=O)[C@H](C)N(Cc1ccc(Br)cc1)C(=O)CSCc1ccccc1F. The summed E-state index contributed by atoms with van der Waals surface area (Å²) in [5, 5.41) is 2.86. The van der Waals surface area contributed by atoms with Crippen LogP contribution in [0.15, 0.2) is 53.0 Å². The largest absolute Gasteiger partial charge is 0.354 e. The third-order valence-corrected chi connectivity index (χ3v) is 5.92. The first kappa shape index (κ1) is 23.4. The first-order valence-corrected chi connectivity index (χ1v) is 11.5. The minimum absolute atomic E-state index is 0.145. The van der Waals surface area contributed by atoms with Gasteiger partial charge in [0.05, 0.1) is 5.75 Å². The van der Waals surface area contributed by atoms with E-state index < -0.39 is 6.04 Å². The monoisotopic (exact) mass is 480 g/mol. The molecule has 0 saturated heterocycles. The van der Waals surface area contributed by atoms with Gasteiger partial charge in [0.25, 0.3) is 0 Å². The van der Waals surface area contributed by atoms with Crippen molar-refractivity contribution in [2.45, 2.75) is 38.6 Å². The van der Waals surface area contributed by atoms with Crippen molar-refractivity contribution < 1.29 is 14.0 Å². The van der Waals surface area contributed by atoms with E-state index in [1.165, 1.54) is 17.8 Å². The van der Waals surface area contributed by atoms with Gasteiger partial charge >= 0.3 is 0 Å². The summed E-state index contributed by atoms with van der Waals surface area (Å²) in [6, 6.07) is 13.6. The smallest absolute Gasteiger partial charge is 0.242 e. The third kappa shape index (κ3) is 7.48. The Bertz CT molecular complexity index is 817. The van der Waals surface area contributed by atoms with Crippen LogP contribution >= 0.6 is 27.7 Å². The summed E-state index contributed by atoms with van der Waals surface area (Å²) in [4.78, 5) is 27.0. The number of carbonyl (C=O) groups excluding carboxylic acids is 2. The number of hydrogen-bond donors (Lipinski definition) is 1. The van der Waals surface area contributed by atoms with E-state index in [1.807, 2.05) is 31.2 Å². The molecule has 2 amide bonds. The molecule has 7 heteroatoms.